The molecule has 2 heterocycles. The summed E-state index contributed by atoms with van der Waals surface area (Å²) in [4.78, 5) is 0. The van der Waals surface area contributed by atoms with E-state index in [0.717, 1.165) is 24.2 Å². The Hall–Kier alpha value is -1.65. The standard InChI is InChI=1S/C16H18ClNO3/c1-2-10-4-5-13(21-10)16(18)11-8-14-15(9-12(11)17)20-7-3-6-19-14/h4-5,8-9,16H,2-3,6-7,18H2,1H3. The van der Waals surface area contributed by atoms with Crippen molar-refractivity contribution < 1.29 is 13.9 Å². The van der Waals surface area contributed by atoms with Crippen LogP contribution >= 0.6 is 11.6 Å². The van der Waals surface area contributed by atoms with E-state index in [4.69, 9.17) is 31.2 Å². The van der Waals surface area contributed by atoms with Crippen molar-refractivity contribution >= 4 is 11.6 Å². The van der Waals surface area contributed by atoms with Crippen LogP contribution < -0.4 is 15.2 Å². The largest absolute Gasteiger partial charge is 0.490 e. The molecule has 4 nitrogen and oxygen atoms in total. The maximum Gasteiger partial charge on any atom is 0.162 e. The molecule has 0 bridgehead atoms. The molecule has 0 spiro atoms. The van der Waals surface area contributed by atoms with Crippen LogP contribution in [0, 0.1) is 0 Å². The van der Waals surface area contributed by atoms with Crippen LogP contribution in [0.3, 0.4) is 0 Å². The first-order valence-electron chi connectivity index (χ1n) is 7.12. The molecule has 5 heteroatoms. The van der Waals surface area contributed by atoms with Gasteiger partial charge in [-0.2, -0.15) is 0 Å². The predicted octanol–water partition coefficient (Wildman–Crippen LogP) is 3.70. The Kier molecular flexibility index (Phi) is 4.08. The topological polar surface area (TPSA) is 57.6 Å². The average molecular weight is 308 g/mol. The van der Waals surface area contributed by atoms with Gasteiger partial charge in [0.1, 0.15) is 11.5 Å². The van der Waals surface area contributed by atoms with E-state index in [2.05, 4.69) is 0 Å². The van der Waals surface area contributed by atoms with E-state index in [-0.39, 0.29) is 0 Å². The lowest BCUT2D eigenvalue weighted by Crippen LogP contribution is -2.12. The van der Waals surface area contributed by atoms with Gasteiger partial charge in [-0.15, -0.1) is 0 Å². The smallest absolute Gasteiger partial charge is 0.162 e. The molecular formula is C16H18ClNO3. The Morgan fingerprint density at radius 3 is 2.57 bits per heavy atom. The molecule has 0 fully saturated rings. The Morgan fingerprint density at radius 1 is 1.19 bits per heavy atom. The van der Waals surface area contributed by atoms with E-state index in [1.165, 1.54) is 0 Å². The number of nitrogens with two attached hydrogens (primary N) is 1. The van der Waals surface area contributed by atoms with Gasteiger partial charge in [0.25, 0.3) is 0 Å². The third-order valence-corrected chi connectivity index (χ3v) is 3.87. The summed E-state index contributed by atoms with van der Waals surface area (Å²) >= 11 is 6.34. The first-order chi connectivity index (χ1) is 10.2. The number of hydrogen-bond donors (Lipinski definition) is 1. The highest BCUT2D eigenvalue weighted by Crippen LogP contribution is 2.38. The lowest BCUT2D eigenvalue weighted by Gasteiger charge is -2.15. The number of furan rings is 1. The second kappa shape index (κ2) is 6.00. The van der Waals surface area contributed by atoms with Gasteiger partial charge in [0.15, 0.2) is 11.5 Å². The third kappa shape index (κ3) is 2.87. The maximum absolute atomic E-state index is 6.34. The van der Waals surface area contributed by atoms with Gasteiger partial charge in [-0.3, -0.25) is 0 Å². The van der Waals surface area contributed by atoms with E-state index >= 15 is 0 Å². The molecule has 1 aliphatic heterocycles. The summed E-state index contributed by atoms with van der Waals surface area (Å²) in [6.45, 7) is 3.30. The van der Waals surface area contributed by atoms with Crippen molar-refractivity contribution in [3.63, 3.8) is 0 Å². The number of fused-ring (bicyclic) bond motifs is 1. The van der Waals surface area contributed by atoms with Crippen molar-refractivity contribution in [1.29, 1.82) is 0 Å². The maximum atomic E-state index is 6.34. The van der Waals surface area contributed by atoms with Crippen molar-refractivity contribution in [2.75, 3.05) is 13.2 Å². The minimum atomic E-state index is -0.421. The normalized spacial score (nSPS) is 15.6. The number of hydrogen-bond acceptors (Lipinski definition) is 4. The van der Waals surface area contributed by atoms with Crippen LogP contribution in [0.15, 0.2) is 28.7 Å². The van der Waals surface area contributed by atoms with Gasteiger partial charge in [0.2, 0.25) is 0 Å². The molecule has 0 saturated carbocycles. The summed E-state index contributed by atoms with van der Waals surface area (Å²) in [7, 11) is 0. The lowest BCUT2D eigenvalue weighted by molar-refractivity contribution is 0.297. The molecule has 0 aliphatic carbocycles. The number of benzene rings is 1. The fourth-order valence-electron chi connectivity index (χ4n) is 2.34. The van der Waals surface area contributed by atoms with Crippen LogP contribution in [0.1, 0.15) is 36.5 Å². The first kappa shape index (κ1) is 14.3. The molecule has 1 unspecified atom stereocenters. The third-order valence-electron chi connectivity index (χ3n) is 3.54. The van der Waals surface area contributed by atoms with Crippen LogP contribution in [0.2, 0.25) is 5.02 Å². The second-order valence-corrected chi connectivity index (χ2v) is 5.41. The quantitative estimate of drug-likeness (QED) is 0.939. The van der Waals surface area contributed by atoms with Gasteiger partial charge in [-0.25, -0.2) is 0 Å². The summed E-state index contributed by atoms with van der Waals surface area (Å²) in [6.07, 6.45) is 1.69. The van der Waals surface area contributed by atoms with Crippen LogP contribution in [0.5, 0.6) is 11.5 Å². The summed E-state index contributed by atoms with van der Waals surface area (Å²) in [6, 6.07) is 7.02. The van der Waals surface area contributed by atoms with E-state index in [9.17, 15) is 0 Å². The molecule has 21 heavy (non-hydrogen) atoms. The Morgan fingerprint density at radius 2 is 1.90 bits per heavy atom. The fraction of sp³-hybridized carbons (Fsp3) is 0.375. The zero-order chi connectivity index (χ0) is 14.8. The molecule has 1 aromatic heterocycles. The molecule has 1 atom stereocenters. The molecule has 2 N–H and O–H groups in total. The highest BCUT2D eigenvalue weighted by atomic mass is 35.5. The van der Waals surface area contributed by atoms with Crippen LogP contribution in [-0.2, 0) is 6.42 Å². The van der Waals surface area contributed by atoms with E-state index in [1.807, 2.05) is 25.1 Å². The number of halogens is 1. The Balaban J connectivity index is 1.95. The van der Waals surface area contributed by atoms with Crippen molar-refractivity contribution in [3.05, 3.63) is 46.4 Å². The van der Waals surface area contributed by atoms with E-state index < -0.39 is 6.04 Å². The number of ether oxygens (including phenoxy) is 2. The van der Waals surface area contributed by atoms with Crippen molar-refractivity contribution in [2.24, 2.45) is 5.73 Å². The van der Waals surface area contributed by atoms with Crippen molar-refractivity contribution in [1.82, 2.24) is 0 Å². The van der Waals surface area contributed by atoms with Gasteiger partial charge < -0.3 is 19.6 Å². The Labute approximate surface area is 128 Å². The molecular weight excluding hydrogens is 290 g/mol. The van der Waals surface area contributed by atoms with Gasteiger partial charge in [-0.05, 0) is 23.8 Å². The highest BCUT2D eigenvalue weighted by molar-refractivity contribution is 6.31. The molecule has 112 valence electrons. The average Bonchev–Trinajstić information content (AvgIpc) is 2.86. The zero-order valence-electron chi connectivity index (χ0n) is 11.9. The highest BCUT2D eigenvalue weighted by Gasteiger charge is 2.21. The van der Waals surface area contributed by atoms with Crippen molar-refractivity contribution in [2.45, 2.75) is 25.8 Å². The minimum absolute atomic E-state index is 0.421. The van der Waals surface area contributed by atoms with Crippen LogP contribution in [0.4, 0.5) is 0 Å². The van der Waals surface area contributed by atoms with Gasteiger partial charge in [-0.1, -0.05) is 18.5 Å². The summed E-state index contributed by atoms with van der Waals surface area (Å²) in [5.74, 6) is 2.96. The van der Waals surface area contributed by atoms with Gasteiger partial charge in [0, 0.05) is 23.9 Å². The molecule has 2 aromatic rings. The molecule has 0 saturated heterocycles. The molecule has 0 amide bonds. The van der Waals surface area contributed by atoms with E-state index in [1.54, 1.807) is 6.07 Å². The molecule has 0 radical (unpaired) electrons. The zero-order valence-corrected chi connectivity index (χ0v) is 12.7. The lowest BCUT2D eigenvalue weighted by atomic mass is 10.0. The molecule has 1 aliphatic rings. The number of aryl methyl sites for hydroxylation is 1. The second-order valence-electron chi connectivity index (χ2n) is 5.01. The number of rotatable bonds is 3. The van der Waals surface area contributed by atoms with Gasteiger partial charge >= 0.3 is 0 Å². The summed E-state index contributed by atoms with van der Waals surface area (Å²) < 4.78 is 17.0. The summed E-state index contributed by atoms with van der Waals surface area (Å²) in [5.41, 5.74) is 7.06. The molecule has 3 rings (SSSR count). The summed E-state index contributed by atoms with van der Waals surface area (Å²) in [5, 5.41) is 0.557. The minimum Gasteiger partial charge on any atom is -0.490 e. The monoisotopic (exact) mass is 307 g/mol. The van der Waals surface area contributed by atoms with Crippen LogP contribution in [0.25, 0.3) is 0 Å². The Bertz CT molecular complexity index is 638. The van der Waals surface area contributed by atoms with Crippen LogP contribution in [-0.4, -0.2) is 13.2 Å². The van der Waals surface area contributed by atoms with Crippen molar-refractivity contribution in [3.8, 4) is 11.5 Å². The fourth-order valence-corrected chi connectivity index (χ4v) is 2.61. The molecule has 1 aromatic carbocycles. The SMILES string of the molecule is CCc1ccc(C(N)c2cc3c(cc2Cl)OCCCO3)o1. The first-order valence-corrected chi connectivity index (χ1v) is 7.50. The van der Waals surface area contributed by atoms with E-state index in [0.29, 0.717) is 35.5 Å². The van der Waals surface area contributed by atoms with Gasteiger partial charge in [0.05, 0.1) is 19.3 Å². The predicted molar refractivity (Wildman–Crippen MR) is 81.2 cm³/mol.